The topological polar surface area (TPSA) is 76.5 Å². The van der Waals surface area contributed by atoms with Gasteiger partial charge in [-0.1, -0.05) is 17.7 Å². The van der Waals surface area contributed by atoms with E-state index in [1.54, 1.807) is 18.3 Å². The molecule has 1 aliphatic carbocycles. The Morgan fingerprint density at radius 2 is 2.16 bits per heavy atom. The highest BCUT2D eigenvalue weighted by atomic mass is 35.5. The van der Waals surface area contributed by atoms with Gasteiger partial charge in [-0.3, -0.25) is 4.18 Å². The zero-order valence-corrected chi connectivity index (χ0v) is 12.1. The van der Waals surface area contributed by atoms with Crippen LogP contribution >= 0.6 is 11.6 Å². The second-order valence-electron chi connectivity index (χ2n) is 4.82. The van der Waals surface area contributed by atoms with Crippen LogP contribution in [0.1, 0.15) is 30.7 Å². The van der Waals surface area contributed by atoms with Crippen LogP contribution in [0.15, 0.2) is 18.3 Å². The summed E-state index contributed by atoms with van der Waals surface area (Å²) in [6, 6.07) is 3.46. The standard InChI is InChI=1S/C12H16ClNO4S/c1-19(16,17)18-9-3-4-11(15)10(6-9)8-2-5-12(13)14-7-8/h2,5,7,9-11,15H,3-4,6H2,1H3/t9-,10-,11+/m1/s1. The Morgan fingerprint density at radius 3 is 2.74 bits per heavy atom. The van der Waals surface area contributed by atoms with Gasteiger partial charge in [0.05, 0.1) is 18.5 Å². The van der Waals surface area contributed by atoms with E-state index in [9.17, 15) is 13.5 Å². The SMILES string of the molecule is CS(=O)(=O)O[C@@H]1CC[C@H](O)[C@@H](c2ccc(Cl)nc2)C1. The van der Waals surface area contributed by atoms with Crippen LogP contribution in [0.25, 0.3) is 0 Å². The molecule has 1 aromatic rings. The summed E-state index contributed by atoms with van der Waals surface area (Å²) in [5.41, 5.74) is 0.846. The molecule has 19 heavy (non-hydrogen) atoms. The maximum absolute atomic E-state index is 11.2. The van der Waals surface area contributed by atoms with E-state index < -0.39 is 16.2 Å². The van der Waals surface area contributed by atoms with Crippen LogP contribution in [0.5, 0.6) is 0 Å². The molecular formula is C12H16ClNO4S. The summed E-state index contributed by atoms with van der Waals surface area (Å²) in [5, 5.41) is 10.4. The van der Waals surface area contributed by atoms with Crippen molar-refractivity contribution in [2.45, 2.75) is 37.4 Å². The molecule has 1 saturated carbocycles. The fraction of sp³-hybridized carbons (Fsp3) is 0.583. The smallest absolute Gasteiger partial charge is 0.264 e. The van der Waals surface area contributed by atoms with Gasteiger partial charge < -0.3 is 5.11 Å². The third-order valence-corrected chi connectivity index (χ3v) is 4.10. The third-order valence-electron chi connectivity index (χ3n) is 3.25. The predicted molar refractivity (Wildman–Crippen MR) is 71.6 cm³/mol. The summed E-state index contributed by atoms with van der Waals surface area (Å²) >= 11 is 5.73. The summed E-state index contributed by atoms with van der Waals surface area (Å²) in [6.07, 6.45) is 3.24. The molecular weight excluding hydrogens is 290 g/mol. The fourth-order valence-electron chi connectivity index (χ4n) is 2.42. The first-order valence-corrected chi connectivity index (χ1v) is 8.22. The van der Waals surface area contributed by atoms with Crippen molar-refractivity contribution in [3.63, 3.8) is 0 Å². The van der Waals surface area contributed by atoms with Gasteiger partial charge in [-0.05, 0) is 30.9 Å². The number of aliphatic hydroxyl groups excluding tert-OH is 1. The molecule has 0 spiro atoms. The first-order chi connectivity index (χ1) is 8.85. The van der Waals surface area contributed by atoms with Crippen LogP contribution in [-0.4, -0.2) is 37.0 Å². The first-order valence-electron chi connectivity index (χ1n) is 6.03. The van der Waals surface area contributed by atoms with E-state index in [2.05, 4.69) is 4.98 Å². The Hall–Kier alpha value is -0.690. The third kappa shape index (κ3) is 4.14. The average Bonchev–Trinajstić information content (AvgIpc) is 2.31. The molecule has 0 saturated heterocycles. The lowest BCUT2D eigenvalue weighted by atomic mass is 9.81. The average molecular weight is 306 g/mol. The zero-order valence-electron chi connectivity index (χ0n) is 10.5. The van der Waals surface area contributed by atoms with Gasteiger partial charge in [0.25, 0.3) is 10.1 Å². The minimum absolute atomic E-state index is 0.176. The predicted octanol–water partition coefficient (Wildman–Crippen LogP) is 1.71. The maximum atomic E-state index is 11.2. The first kappa shape index (κ1) is 14.7. The van der Waals surface area contributed by atoms with Crippen molar-refractivity contribution >= 4 is 21.7 Å². The van der Waals surface area contributed by atoms with Gasteiger partial charge in [0.2, 0.25) is 0 Å². The number of rotatable bonds is 3. The van der Waals surface area contributed by atoms with E-state index >= 15 is 0 Å². The van der Waals surface area contributed by atoms with E-state index in [-0.39, 0.29) is 12.0 Å². The number of aliphatic hydroxyl groups is 1. The summed E-state index contributed by atoms with van der Waals surface area (Å²) in [6.45, 7) is 0. The zero-order chi connectivity index (χ0) is 14.0. The Balaban J connectivity index is 2.12. The molecule has 0 radical (unpaired) electrons. The lowest BCUT2D eigenvalue weighted by Gasteiger charge is -2.32. The van der Waals surface area contributed by atoms with Crippen molar-refractivity contribution in [3.8, 4) is 0 Å². The molecule has 0 bridgehead atoms. The van der Waals surface area contributed by atoms with Crippen molar-refractivity contribution < 1.29 is 17.7 Å². The molecule has 0 aliphatic heterocycles. The number of aromatic nitrogens is 1. The highest BCUT2D eigenvalue weighted by Gasteiger charge is 2.32. The molecule has 1 aliphatic rings. The highest BCUT2D eigenvalue weighted by Crippen LogP contribution is 2.35. The maximum Gasteiger partial charge on any atom is 0.264 e. The number of pyridine rings is 1. The lowest BCUT2D eigenvalue weighted by molar-refractivity contribution is 0.0498. The van der Waals surface area contributed by atoms with Gasteiger partial charge in [-0.25, -0.2) is 4.98 Å². The van der Waals surface area contributed by atoms with Crippen LogP contribution in [0.2, 0.25) is 5.15 Å². The molecule has 3 atom stereocenters. The van der Waals surface area contributed by atoms with Crippen LogP contribution in [0.3, 0.4) is 0 Å². The minimum atomic E-state index is -3.47. The Bertz CT molecular complexity index is 531. The normalized spacial score (nSPS) is 28.3. The van der Waals surface area contributed by atoms with E-state index in [1.165, 1.54) is 0 Å². The van der Waals surface area contributed by atoms with Crippen molar-refractivity contribution in [2.24, 2.45) is 0 Å². The number of hydrogen-bond donors (Lipinski definition) is 1. The minimum Gasteiger partial charge on any atom is -0.392 e. The van der Waals surface area contributed by atoms with Crippen molar-refractivity contribution in [1.82, 2.24) is 4.98 Å². The van der Waals surface area contributed by atoms with E-state index in [4.69, 9.17) is 15.8 Å². The second-order valence-corrected chi connectivity index (χ2v) is 6.81. The molecule has 0 amide bonds. The van der Waals surface area contributed by atoms with Crippen LogP contribution in [-0.2, 0) is 14.3 Å². The van der Waals surface area contributed by atoms with Crippen LogP contribution in [0.4, 0.5) is 0 Å². The molecule has 2 rings (SSSR count). The van der Waals surface area contributed by atoms with Gasteiger partial charge in [-0.15, -0.1) is 0 Å². The Kier molecular flexibility index (Phi) is 4.45. The number of nitrogens with zero attached hydrogens (tertiary/aromatic N) is 1. The Morgan fingerprint density at radius 1 is 1.42 bits per heavy atom. The van der Waals surface area contributed by atoms with Crippen LogP contribution < -0.4 is 0 Å². The number of hydrogen-bond acceptors (Lipinski definition) is 5. The van der Waals surface area contributed by atoms with Gasteiger partial charge in [0.1, 0.15) is 5.15 Å². The molecule has 0 unspecified atom stereocenters. The summed E-state index contributed by atoms with van der Waals surface area (Å²) < 4.78 is 27.3. The number of halogens is 1. The molecule has 1 N–H and O–H groups in total. The van der Waals surface area contributed by atoms with E-state index in [0.29, 0.717) is 24.4 Å². The summed E-state index contributed by atoms with van der Waals surface area (Å²) in [4.78, 5) is 3.98. The van der Waals surface area contributed by atoms with Gasteiger partial charge >= 0.3 is 0 Å². The second kappa shape index (κ2) is 5.75. The van der Waals surface area contributed by atoms with Gasteiger partial charge in [0.15, 0.2) is 0 Å². The molecule has 7 heteroatoms. The highest BCUT2D eigenvalue weighted by molar-refractivity contribution is 7.86. The fourth-order valence-corrected chi connectivity index (χ4v) is 3.20. The van der Waals surface area contributed by atoms with Crippen molar-refractivity contribution in [2.75, 3.05) is 6.26 Å². The quantitative estimate of drug-likeness (QED) is 0.679. The summed E-state index contributed by atoms with van der Waals surface area (Å²) in [5.74, 6) is -0.176. The van der Waals surface area contributed by atoms with Crippen molar-refractivity contribution in [1.29, 1.82) is 0 Å². The summed E-state index contributed by atoms with van der Waals surface area (Å²) in [7, 11) is -3.47. The monoisotopic (exact) mass is 305 g/mol. The molecule has 0 aromatic carbocycles. The van der Waals surface area contributed by atoms with Gasteiger partial charge in [0, 0.05) is 12.1 Å². The molecule has 106 valence electrons. The largest absolute Gasteiger partial charge is 0.392 e. The van der Waals surface area contributed by atoms with E-state index in [0.717, 1.165) is 11.8 Å². The van der Waals surface area contributed by atoms with Gasteiger partial charge in [-0.2, -0.15) is 8.42 Å². The molecule has 1 fully saturated rings. The Labute approximate surface area is 117 Å². The lowest BCUT2D eigenvalue weighted by Crippen LogP contribution is -2.32. The van der Waals surface area contributed by atoms with Crippen LogP contribution in [0, 0.1) is 0 Å². The van der Waals surface area contributed by atoms with E-state index in [1.807, 2.05) is 0 Å². The molecule has 5 nitrogen and oxygen atoms in total. The molecule has 1 heterocycles. The van der Waals surface area contributed by atoms with Crippen molar-refractivity contribution in [3.05, 3.63) is 29.0 Å². The molecule has 1 aromatic heterocycles.